The highest BCUT2D eigenvalue weighted by atomic mass is 16.3. The highest BCUT2D eigenvalue weighted by Gasteiger charge is 2.55. The highest BCUT2D eigenvalue weighted by molar-refractivity contribution is 5.06. The molecule has 1 aliphatic rings. The Kier molecular flexibility index (Phi) is 4.43. The smallest absolute Gasteiger partial charge is 0.0708 e. The number of rotatable bonds is 7. The molecular formula is C13H26O. The summed E-state index contributed by atoms with van der Waals surface area (Å²) in [5.41, 5.74) is -0.264. The second-order valence-corrected chi connectivity index (χ2v) is 4.93. The predicted octanol–water partition coefficient (Wildman–Crippen LogP) is 3.75. The van der Waals surface area contributed by atoms with Gasteiger partial charge >= 0.3 is 0 Å². The molecule has 1 rings (SSSR count). The van der Waals surface area contributed by atoms with E-state index in [0.717, 1.165) is 12.8 Å². The molecule has 0 aliphatic heterocycles. The molecule has 1 saturated carbocycles. The molecule has 3 atom stereocenters. The van der Waals surface area contributed by atoms with Gasteiger partial charge in [-0.3, -0.25) is 0 Å². The summed E-state index contributed by atoms with van der Waals surface area (Å²) in [6, 6.07) is 0. The van der Waals surface area contributed by atoms with Crippen LogP contribution in [0.3, 0.4) is 0 Å². The molecule has 0 aromatic carbocycles. The Balaban J connectivity index is 2.37. The van der Waals surface area contributed by atoms with Gasteiger partial charge in [0.25, 0.3) is 0 Å². The zero-order valence-electron chi connectivity index (χ0n) is 10.1. The Labute approximate surface area is 88.9 Å². The first-order valence-electron chi connectivity index (χ1n) is 6.41. The van der Waals surface area contributed by atoms with E-state index in [1.54, 1.807) is 0 Å². The quantitative estimate of drug-likeness (QED) is 0.660. The SMILES string of the molecule is CCCCC(CC)C1(O)CC1CCC. The van der Waals surface area contributed by atoms with Crippen LogP contribution in [-0.2, 0) is 0 Å². The molecule has 0 aromatic heterocycles. The molecule has 0 heterocycles. The second-order valence-electron chi connectivity index (χ2n) is 4.93. The maximum absolute atomic E-state index is 10.4. The van der Waals surface area contributed by atoms with Crippen molar-refractivity contribution in [3.8, 4) is 0 Å². The lowest BCUT2D eigenvalue weighted by Crippen LogP contribution is -2.24. The standard InChI is InChI=1S/C13H26O/c1-4-7-9-11(6-3)13(14)10-12(13)8-5-2/h11-12,14H,4-10H2,1-3H3. The van der Waals surface area contributed by atoms with Crippen molar-refractivity contribution in [2.24, 2.45) is 11.8 Å². The maximum atomic E-state index is 10.4. The number of hydrogen-bond acceptors (Lipinski definition) is 1. The average Bonchev–Trinajstić information content (AvgIpc) is 2.80. The van der Waals surface area contributed by atoms with E-state index in [0.29, 0.717) is 11.8 Å². The van der Waals surface area contributed by atoms with Gasteiger partial charge in [0.05, 0.1) is 5.60 Å². The van der Waals surface area contributed by atoms with E-state index in [1.165, 1.54) is 32.1 Å². The molecule has 3 unspecified atom stereocenters. The summed E-state index contributed by atoms with van der Waals surface area (Å²) in [5.74, 6) is 1.19. The molecule has 0 saturated heterocycles. The molecule has 0 amide bonds. The van der Waals surface area contributed by atoms with Crippen molar-refractivity contribution in [3.05, 3.63) is 0 Å². The summed E-state index contributed by atoms with van der Waals surface area (Å²) in [6.07, 6.45) is 8.42. The minimum atomic E-state index is -0.264. The molecule has 1 fully saturated rings. The third kappa shape index (κ3) is 2.50. The van der Waals surface area contributed by atoms with Gasteiger partial charge in [0, 0.05) is 0 Å². The predicted molar refractivity (Wildman–Crippen MR) is 61.3 cm³/mol. The van der Waals surface area contributed by atoms with Crippen molar-refractivity contribution in [1.82, 2.24) is 0 Å². The first-order chi connectivity index (χ1) is 6.69. The van der Waals surface area contributed by atoms with E-state index in [9.17, 15) is 5.11 Å². The molecule has 0 aromatic rings. The Morgan fingerprint density at radius 2 is 2.00 bits per heavy atom. The van der Waals surface area contributed by atoms with Crippen LogP contribution in [0.1, 0.15) is 65.7 Å². The normalized spacial score (nSPS) is 33.0. The van der Waals surface area contributed by atoms with Gasteiger partial charge < -0.3 is 5.11 Å². The van der Waals surface area contributed by atoms with Gasteiger partial charge in [0.2, 0.25) is 0 Å². The van der Waals surface area contributed by atoms with Crippen molar-refractivity contribution < 1.29 is 5.11 Å². The van der Waals surface area contributed by atoms with Crippen molar-refractivity contribution in [2.45, 2.75) is 71.3 Å². The molecule has 0 bridgehead atoms. The molecule has 0 radical (unpaired) electrons. The van der Waals surface area contributed by atoms with Crippen molar-refractivity contribution in [2.75, 3.05) is 0 Å². The molecule has 1 N–H and O–H groups in total. The van der Waals surface area contributed by atoms with Crippen LogP contribution in [0.15, 0.2) is 0 Å². The van der Waals surface area contributed by atoms with Crippen LogP contribution in [0.2, 0.25) is 0 Å². The fourth-order valence-electron chi connectivity index (χ4n) is 2.79. The molecule has 1 heteroatoms. The summed E-state index contributed by atoms with van der Waals surface area (Å²) in [5, 5.41) is 10.4. The van der Waals surface area contributed by atoms with E-state index in [2.05, 4.69) is 20.8 Å². The van der Waals surface area contributed by atoms with E-state index in [-0.39, 0.29) is 5.60 Å². The molecule has 14 heavy (non-hydrogen) atoms. The summed E-state index contributed by atoms with van der Waals surface area (Å²) < 4.78 is 0. The van der Waals surface area contributed by atoms with Crippen LogP contribution in [0.5, 0.6) is 0 Å². The average molecular weight is 198 g/mol. The van der Waals surface area contributed by atoms with Crippen molar-refractivity contribution in [1.29, 1.82) is 0 Å². The zero-order valence-corrected chi connectivity index (χ0v) is 10.1. The highest BCUT2D eigenvalue weighted by Crippen LogP contribution is 2.53. The van der Waals surface area contributed by atoms with E-state index in [1.807, 2.05) is 0 Å². The van der Waals surface area contributed by atoms with Gasteiger partial charge in [-0.05, 0) is 31.1 Å². The Bertz CT molecular complexity index is 167. The number of aliphatic hydroxyl groups is 1. The lowest BCUT2D eigenvalue weighted by molar-refractivity contribution is 0.0555. The van der Waals surface area contributed by atoms with Crippen LogP contribution in [-0.4, -0.2) is 10.7 Å². The minimum absolute atomic E-state index is 0.264. The van der Waals surface area contributed by atoms with E-state index < -0.39 is 0 Å². The van der Waals surface area contributed by atoms with Crippen LogP contribution in [0.4, 0.5) is 0 Å². The summed E-state index contributed by atoms with van der Waals surface area (Å²) in [7, 11) is 0. The maximum Gasteiger partial charge on any atom is 0.0708 e. The Hall–Kier alpha value is -0.0400. The first kappa shape index (κ1) is 12.0. The zero-order chi connectivity index (χ0) is 10.6. The van der Waals surface area contributed by atoms with Crippen LogP contribution >= 0.6 is 0 Å². The van der Waals surface area contributed by atoms with Gasteiger partial charge in [0.1, 0.15) is 0 Å². The Morgan fingerprint density at radius 1 is 1.29 bits per heavy atom. The largest absolute Gasteiger partial charge is 0.389 e. The van der Waals surface area contributed by atoms with E-state index in [4.69, 9.17) is 0 Å². The topological polar surface area (TPSA) is 20.2 Å². The summed E-state index contributed by atoms with van der Waals surface area (Å²) in [6.45, 7) is 6.67. The second kappa shape index (κ2) is 5.16. The summed E-state index contributed by atoms with van der Waals surface area (Å²) >= 11 is 0. The monoisotopic (exact) mass is 198 g/mol. The molecule has 0 spiro atoms. The fraction of sp³-hybridized carbons (Fsp3) is 1.00. The lowest BCUT2D eigenvalue weighted by Gasteiger charge is -2.22. The van der Waals surface area contributed by atoms with Crippen LogP contribution in [0.25, 0.3) is 0 Å². The fourth-order valence-corrected chi connectivity index (χ4v) is 2.79. The molecular weight excluding hydrogens is 172 g/mol. The van der Waals surface area contributed by atoms with Gasteiger partial charge in [0.15, 0.2) is 0 Å². The summed E-state index contributed by atoms with van der Waals surface area (Å²) in [4.78, 5) is 0. The van der Waals surface area contributed by atoms with Gasteiger partial charge in [-0.2, -0.15) is 0 Å². The number of hydrogen-bond donors (Lipinski definition) is 1. The van der Waals surface area contributed by atoms with Crippen LogP contribution < -0.4 is 0 Å². The van der Waals surface area contributed by atoms with Gasteiger partial charge in [-0.15, -0.1) is 0 Å². The first-order valence-corrected chi connectivity index (χ1v) is 6.41. The Morgan fingerprint density at radius 3 is 2.50 bits per heavy atom. The lowest BCUT2D eigenvalue weighted by atomic mass is 9.89. The minimum Gasteiger partial charge on any atom is -0.389 e. The number of unbranched alkanes of at least 4 members (excludes halogenated alkanes) is 1. The van der Waals surface area contributed by atoms with Crippen molar-refractivity contribution >= 4 is 0 Å². The third-order valence-electron chi connectivity index (χ3n) is 3.86. The molecule has 84 valence electrons. The van der Waals surface area contributed by atoms with Gasteiger partial charge in [-0.1, -0.05) is 46.5 Å². The molecule has 1 aliphatic carbocycles. The van der Waals surface area contributed by atoms with Crippen LogP contribution in [0, 0.1) is 11.8 Å². The molecule has 1 nitrogen and oxygen atoms in total. The van der Waals surface area contributed by atoms with E-state index >= 15 is 0 Å². The van der Waals surface area contributed by atoms with Gasteiger partial charge in [-0.25, -0.2) is 0 Å². The third-order valence-corrected chi connectivity index (χ3v) is 3.86. The van der Waals surface area contributed by atoms with Crippen molar-refractivity contribution in [3.63, 3.8) is 0 Å².